The van der Waals surface area contributed by atoms with Gasteiger partial charge in [0.1, 0.15) is 11.6 Å². The lowest BCUT2D eigenvalue weighted by molar-refractivity contribution is -0.0229. The van der Waals surface area contributed by atoms with Gasteiger partial charge in [0.15, 0.2) is 0 Å². The van der Waals surface area contributed by atoms with E-state index in [4.69, 9.17) is 0 Å². The summed E-state index contributed by atoms with van der Waals surface area (Å²) in [6, 6.07) is 3.31. The Kier molecular flexibility index (Phi) is 3.71. The summed E-state index contributed by atoms with van der Waals surface area (Å²) in [4.78, 5) is 0. The summed E-state index contributed by atoms with van der Waals surface area (Å²) < 4.78 is 26.9. The predicted molar refractivity (Wildman–Crippen MR) is 67.1 cm³/mol. The second kappa shape index (κ2) is 4.96. The van der Waals surface area contributed by atoms with Gasteiger partial charge in [0, 0.05) is 5.56 Å². The van der Waals surface area contributed by atoms with Gasteiger partial charge in [-0.2, -0.15) is 0 Å². The molecule has 18 heavy (non-hydrogen) atoms. The third-order valence-electron chi connectivity index (χ3n) is 4.23. The Morgan fingerprint density at radius 2 is 1.83 bits per heavy atom. The first-order valence-electron chi connectivity index (χ1n) is 6.60. The summed E-state index contributed by atoms with van der Waals surface area (Å²) in [7, 11) is 0. The molecule has 0 saturated heterocycles. The molecule has 1 aromatic rings. The van der Waals surface area contributed by atoms with Gasteiger partial charge < -0.3 is 5.11 Å². The monoisotopic (exact) mass is 254 g/mol. The van der Waals surface area contributed by atoms with Gasteiger partial charge in [0.05, 0.1) is 5.60 Å². The normalized spacial score (nSPS) is 28.7. The van der Waals surface area contributed by atoms with Gasteiger partial charge >= 0.3 is 0 Å². The molecule has 1 aliphatic rings. The van der Waals surface area contributed by atoms with Gasteiger partial charge in [0.25, 0.3) is 0 Å². The van der Waals surface area contributed by atoms with Crippen molar-refractivity contribution in [2.45, 2.75) is 45.1 Å². The lowest BCUT2D eigenvalue weighted by Gasteiger charge is -2.38. The molecule has 1 N–H and O–H groups in total. The highest BCUT2D eigenvalue weighted by Crippen LogP contribution is 2.42. The van der Waals surface area contributed by atoms with Crippen molar-refractivity contribution in [3.05, 3.63) is 35.4 Å². The molecule has 0 aliphatic heterocycles. The molecule has 0 amide bonds. The molecule has 0 bridgehead atoms. The van der Waals surface area contributed by atoms with Gasteiger partial charge in [-0.15, -0.1) is 0 Å². The van der Waals surface area contributed by atoms with Crippen LogP contribution in [0.1, 0.15) is 45.1 Å². The van der Waals surface area contributed by atoms with Crippen LogP contribution in [-0.4, -0.2) is 5.11 Å². The molecule has 1 fully saturated rings. The average molecular weight is 254 g/mol. The number of hydrogen-bond acceptors (Lipinski definition) is 1. The lowest BCUT2D eigenvalue weighted by atomic mass is 9.72. The predicted octanol–water partition coefficient (Wildman–Crippen LogP) is 4.00. The average Bonchev–Trinajstić information content (AvgIpc) is 2.32. The molecule has 0 radical (unpaired) electrons. The van der Waals surface area contributed by atoms with Crippen LogP contribution in [0.15, 0.2) is 18.2 Å². The fourth-order valence-electron chi connectivity index (χ4n) is 2.91. The Morgan fingerprint density at radius 3 is 2.39 bits per heavy atom. The van der Waals surface area contributed by atoms with Crippen molar-refractivity contribution >= 4 is 0 Å². The fraction of sp³-hybridized carbons (Fsp3) is 0.600. The molecule has 1 nitrogen and oxygen atoms in total. The Morgan fingerprint density at radius 1 is 1.22 bits per heavy atom. The maximum atomic E-state index is 13.7. The Hall–Kier alpha value is -0.960. The number of rotatable bonds is 2. The molecule has 0 spiro atoms. The number of halogens is 2. The zero-order chi connectivity index (χ0) is 13.3. The summed E-state index contributed by atoms with van der Waals surface area (Å²) in [5, 5.41) is 10.5. The minimum atomic E-state index is -1.20. The number of hydrogen-bond donors (Lipinski definition) is 1. The van der Waals surface area contributed by atoms with Crippen molar-refractivity contribution in [3.63, 3.8) is 0 Å². The number of benzene rings is 1. The molecule has 3 heteroatoms. The second-order valence-corrected chi connectivity index (χ2v) is 5.74. The first-order valence-corrected chi connectivity index (χ1v) is 6.60. The topological polar surface area (TPSA) is 20.2 Å². The van der Waals surface area contributed by atoms with Gasteiger partial charge in [-0.05, 0) is 55.7 Å². The van der Waals surface area contributed by atoms with Gasteiger partial charge in [-0.1, -0.05) is 13.8 Å². The quantitative estimate of drug-likeness (QED) is 0.845. The largest absolute Gasteiger partial charge is 0.385 e. The zero-order valence-corrected chi connectivity index (χ0v) is 10.9. The third kappa shape index (κ3) is 2.56. The van der Waals surface area contributed by atoms with Crippen LogP contribution >= 0.6 is 0 Å². The molecule has 1 aromatic carbocycles. The van der Waals surface area contributed by atoms with Gasteiger partial charge in [0.2, 0.25) is 0 Å². The van der Waals surface area contributed by atoms with Crippen molar-refractivity contribution in [2.75, 3.05) is 0 Å². The van der Waals surface area contributed by atoms with E-state index in [1.54, 1.807) is 0 Å². The van der Waals surface area contributed by atoms with Crippen molar-refractivity contribution in [1.82, 2.24) is 0 Å². The molecule has 0 aromatic heterocycles. The van der Waals surface area contributed by atoms with Crippen LogP contribution in [0.4, 0.5) is 8.78 Å². The lowest BCUT2D eigenvalue weighted by Crippen LogP contribution is -2.33. The van der Waals surface area contributed by atoms with Gasteiger partial charge in [-0.25, -0.2) is 8.78 Å². The van der Waals surface area contributed by atoms with Crippen LogP contribution in [0.3, 0.4) is 0 Å². The maximum Gasteiger partial charge on any atom is 0.129 e. The van der Waals surface area contributed by atoms with E-state index in [9.17, 15) is 13.9 Å². The van der Waals surface area contributed by atoms with Crippen molar-refractivity contribution < 1.29 is 13.9 Å². The zero-order valence-electron chi connectivity index (χ0n) is 10.9. The Balaban J connectivity index is 2.20. The molecule has 0 atom stereocenters. The Labute approximate surface area is 107 Å². The molecule has 1 aliphatic carbocycles. The molecule has 2 rings (SSSR count). The summed E-state index contributed by atoms with van der Waals surface area (Å²) in [5.41, 5.74) is -1.08. The Bertz CT molecular complexity index is 421. The van der Waals surface area contributed by atoms with E-state index in [1.807, 2.05) is 0 Å². The molecule has 100 valence electrons. The van der Waals surface area contributed by atoms with E-state index >= 15 is 0 Å². The molecular formula is C15H20F2O. The molecule has 0 heterocycles. The van der Waals surface area contributed by atoms with E-state index in [2.05, 4.69) is 13.8 Å². The summed E-state index contributed by atoms with van der Waals surface area (Å²) >= 11 is 0. The van der Waals surface area contributed by atoms with Crippen LogP contribution in [0, 0.1) is 23.5 Å². The first kappa shape index (κ1) is 13.5. The van der Waals surface area contributed by atoms with E-state index in [1.165, 1.54) is 0 Å². The highest BCUT2D eigenvalue weighted by molar-refractivity contribution is 5.25. The highest BCUT2D eigenvalue weighted by Gasteiger charge is 2.37. The SMILES string of the molecule is CC(C)C1CCC(O)(c2cc(F)ccc2F)CC1. The highest BCUT2D eigenvalue weighted by atomic mass is 19.1. The smallest absolute Gasteiger partial charge is 0.129 e. The summed E-state index contributed by atoms with van der Waals surface area (Å²) in [6.45, 7) is 4.33. The number of aliphatic hydroxyl groups is 1. The molecule has 1 saturated carbocycles. The van der Waals surface area contributed by atoms with Crippen molar-refractivity contribution in [2.24, 2.45) is 11.8 Å². The van der Waals surface area contributed by atoms with E-state index in [0.29, 0.717) is 24.7 Å². The second-order valence-electron chi connectivity index (χ2n) is 5.74. The van der Waals surface area contributed by atoms with Gasteiger partial charge in [-0.3, -0.25) is 0 Å². The minimum absolute atomic E-state index is 0.115. The van der Waals surface area contributed by atoms with Crippen LogP contribution in [0.2, 0.25) is 0 Å². The molecule has 0 unspecified atom stereocenters. The van der Waals surface area contributed by atoms with E-state index in [0.717, 1.165) is 31.0 Å². The van der Waals surface area contributed by atoms with E-state index < -0.39 is 17.2 Å². The van der Waals surface area contributed by atoms with Crippen molar-refractivity contribution in [1.29, 1.82) is 0 Å². The summed E-state index contributed by atoms with van der Waals surface area (Å²) in [5.74, 6) is 0.140. The van der Waals surface area contributed by atoms with Crippen molar-refractivity contribution in [3.8, 4) is 0 Å². The van der Waals surface area contributed by atoms with Crippen LogP contribution < -0.4 is 0 Å². The van der Waals surface area contributed by atoms with Crippen LogP contribution in [0.25, 0.3) is 0 Å². The standard InChI is InChI=1S/C15H20F2O/c1-10(2)11-5-7-15(18,8-6-11)13-9-12(16)3-4-14(13)17/h3-4,9-11,18H,5-8H2,1-2H3. The van der Waals surface area contributed by atoms with E-state index in [-0.39, 0.29) is 5.56 Å². The fourth-order valence-corrected chi connectivity index (χ4v) is 2.91. The third-order valence-corrected chi connectivity index (χ3v) is 4.23. The van der Waals surface area contributed by atoms with Crippen LogP contribution in [0.5, 0.6) is 0 Å². The molecular weight excluding hydrogens is 234 g/mol. The first-order chi connectivity index (χ1) is 8.42. The van der Waals surface area contributed by atoms with Crippen LogP contribution in [-0.2, 0) is 5.60 Å². The maximum absolute atomic E-state index is 13.7. The minimum Gasteiger partial charge on any atom is -0.385 e. The summed E-state index contributed by atoms with van der Waals surface area (Å²) in [6.07, 6.45) is 2.75.